The third kappa shape index (κ3) is 26.3. The van der Waals surface area contributed by atoms with E-state index < -0.39 is 242 Å². The minimum atomic E-state index is -5.36. The zero-order chi connectivity index (χ0) is 104. The molecule has 6 saturated heterocycles. The SMILES string of the molecule is COCCOC1[C@@H](OP([O-])(=S)OC[C@H]2O[C@@H](n3cnc4c(=O)[nH]c(N)nc43)C(OCCOC)[C@H]2OP([O-])(=S)OC[C@H]2O[C@@H](n3cc(C)c(N)nc3=O)C(OCCOC)[C@H]2OP([O-])(=S)OC[C@H]2O[C@@H](n3cnc4c(N)ncnc43)C(OCCOC)[C@H]2O)[C@@H](COP(=O)([S-])O[C@@H]2C(OCCOC)[C@H](n3cc(C)c(=O)[nH]c3=O)O[C@@H]2COP([O-])(=S)O[C@@H]2C[C@H](n3cnc4c(N)ncnc43)O[C@@H]2C)O[C@H]1n1cc(C)c(N)nc1=O. The number of hydrogen-bond donors (Lipinski definition) is 8. The van der Waals surface area contributed by atoms with Gasteiger partial charge in [0.25, 0.3) is 11.1 Å². The summed E-state index contributed by atoms with van der Waals surface area (Å²) in [7, 11) is 6.79. The Kier molecular flexibility index (Phi) is 37.2. The highest BCUT2D eigenvalue weighted by molar-refractivity contribution is 8.32. The molecule has 145 heavy (non-hydrogen) atoms. The minimum Gasteiger partial charge on any atom is -0.780 e. The Morgan fingerprint density at radius 2 is 0.772 bits per heavy atom. The van der Waals surface area contributed by atoms with Gasteiger partial charge in [0.1, 0.15) is 160 Å². The number of nitrogens with two attached hydrogens (primary N) is 5. The number of aromatic nitrogens is 18. The van der Waals surface area contributed by atoms with Gasteiger partial charge in [0.05, 0.1) is 130 Å². The normalized spacial score (nSPS) is 29.2. The van der Waals surface area contributed by atoms with Crippen LogP contribution in [0.15, 0.2) is 74.2 Å². The average Bonchev–Trinajstić information content (AvgIpc) is 1.60. The highest BCUT2D eigenvalue weighted by Crippen LogP contribution is 2.57. The summed E-state index contributed by atoms with van der Waals surface area (Å²) in [5.74, 6) is -0.673. The number of fused-ring (bicyclic) bond motifs is 3. The number of H-pyrrole nitrogens is 2. The fraction of sp³-hybridized carbons (Fsp3) is 0.640. The van der Waals surface area contributed by atoms with Crippen LogP contribution in [-0.4, -0.2) is 331 Å². The number of aliphatic hydroxyl groups excluding tert-OH is 1. The Hall–Kier alpha value is -7.17. The molecule has 9 aromatic heterocycles. The Morgan fingerprint density at radius 1 is 0.414 bits per heavy atom. The molecule has 0 radical (unpaired) electrons. The zero-order valence-corrected chi connectivity index (χ0v) is 86.7. The second kappa shape index (κ2) is 48.2. The first-order valence-electron chi connectivity index (χ1n) is 44.0. The number of ether oxygens (including phenoxy) is 16. The molecule has 15 heterocycles. The van der Waals surface area contributed by atoms with Crippen LogP contribution in [0.5, 0.6) is 0 Å². The maximum atomic E-state index is 15.7. The molecule has 28 atom stereocenters. The van der Waals surface area contributed by atoms with Crippen molar-refractivity contribution in [1.29, 1.82) is 0 Å². The van der Waals surface area contributed by atoms with Crippen LogP contribution in [0.1, 0.15) is 67.4 Å². The Morgan fingerprint density at radius 3 is 1.22 bits per heavy atom. The molecular weight excluding hydrogens is 2130 g/mol. The number of nitrogen functional groups attached to an aromatic ring is 5. The van der Waals surface area contributed by atoms with Crippen molar-refractivity contribution in [2.75, 3.05) is 163 Å². The van der Waals surface area contributed by atoms with Crippen molar-refractivity contribution in [2.24, 2.45) is 0 Å². The van der Waals surface area contributed by atoms with Crippen molar-refractivity contribution in [2.45, 2.75) is 175 Å². The largest absolute Gasteiger partial charge is 0.780 e. The lowest BCUT2D eigenvalue weighted by atomic mass is 10.1. The van der Waals surface area contributed by atoms with E-state index in [1.807, 2.05) is 0 Å². The van der Waals surface area contributed by atoms with Gasteiger partial charge in [-0.25, -0.2) is 49.3 Å². The summed E-state index contributed by atoms with van der Waals surface area (Å²) < 4.78 is 180. The number of methoxy groups -OCH3 is 5. The fourth-order valence-corrected chi connectivity index (χ4v) is 23.7. The van der Waals surface area contributed by atoms with Crippen LogP contribution in [0, 0.1) is 20.8 Å². The minimum absolute atomic E-state index is 0.00402. The van der Waals surface area contributed by atoms with Crippen LogP contribution in [0.25, 0.3) is 33.5 Å². The third-order valence-corrected chi connectivity index (χ3v) is 31.2. The second-order valence-corrected chi connectivity index (χ2v) is 46.6. The summed E-state index contributed by atoms with van der Waals surface area (Å²) in [6.07, 6.45) is -26.0. The Labute approximate surface area is 846 Å². The number of aromatic amines is 2. The first kappa shape index (κ1) is 112. The predicted octanol–water partition coefficient (Wildman–Crippen LogP) is -3.98. The lowest BCUT2D eigenvalue weighted by molar-refractivity contribution is -0.223. The molecule has 0 spiro atoms. The molecule has 6 aliphatic rings. The Bertz CT molecular complexity index is 6630. The van der Waals surface area contributed by atoms with Crippen molar-refractivity contribution >= 4 is 156 Å². The third-order valence-electron chi connectivity index (χ3n) is 23.4. The predicted molar refractivity (Wildman–Crippen MR) is 507 cm³/mol. The van der Waals surface area contributed by atoms with Crippen LogP contribution < -0.4 is 76.4 Å². The molecule has 0 aliphatic carbocycles. The average molecular weight is 2230 g/mol. The standard InChI is InChI=1S/C75H108N23O37P5S5/c1-34-21-93(73(102)88-58(34)76)68-54(116-16-11-111-6)50(132-137(106,142)120-24-39-48(99)53(115-15-10-110-5)67(126-39)97-32-86-46-61(79)82-30-84-63(46)97)41(127-68)26-123-140(109,145)135-52-43(130-71(57(52)119-19-14-114-9)98-33-87-47-64(98)90-72(80)91-66(47)101)28-124-139(108,144)134-51-42(128-69(55(51)117-17-12-112-7)94-22-35(2)59(77)89-74(94)103)27-122-138(107,143)133-49-40(129-70(56(49)118-18-13-113-8)95-23-36(3)65(100)92-75(95)104)25-121-136(105,141)131-38-20-44(125-37(38)4)96-31-85-45-60(78)81-29-83-62(45)96/h21-23,29-33,37-44,48-57,67-71,99H,10-20,24-28H2,1-9H3,(H,105,141)(H,106,142)(H,107,143)(H,108,144)(H,109,145)(H2,76,88,102)(H2,77,89,103)(H2,78,81,83)(H2,79,82,84)(H,92,100,104)(H3,80,90,91,101)/p-5/t37-,38-,39-,40-,41-,42-,43-,44-,48+,49+,50+,51+,52+,53?,54?,55?,56?,57?,67-,68-,69-,70-,71-,136?,137?,138?,139?,140?/m1/s1. The molecule has 0 bridgehead atoms. The van der Waals surface area contributed by atoms with Crippen LogP contribution in [0.4, 0.5) is 29.2 Å². The van der Waals surface area contributed by atoms with Crippen LogP contribution in [0.3, 0.4) is 0 Å². The number of anilines is 5. The van der Waals surface area contributed by atoms with Crippen LogP contribution in [-0.2, 0) is 185 Å². The van der Waals surface area contributed by atoms with Gasteiger partial charge >= 0.3 is 17.1 Å². The summed E-state index contributed by atoms with van der Waals surface area (Å²) >= 11 is 28.3. The molecule has 13 N–H and O–H groups in total. The maximum absolute atomic E-state index is 15.7. The van der Waals surface area contributed by atoms with Crippen molar-refractivity contribution < 1.29 is 150 Å². The Balaban J connectivity index is 0.718. The molecule has 0 amide bonds. The molecule has 800 valence electrons. The molecular formula is C75H103N23O37P5S5-5. The highest BCUT2D eigenvalue weighted by atomic mass is 32.7. The number of nitrogens with one attached hydrogen (secondary N) is 2. The van der Waals surface area contributed by atoms with Crippen molar-refractivity contribution in [3.63, 3.8) is 0 Å². The number of aliphatic hydroxyl groups is 1. The molecule has 60 nitrogen and oxygen atoms in total. The number of imidazole rings is 3. The molecule has 70 heteroatoms. The molecule has 6 aliphatic heterocycles. The van der Waals surface area contributed by atoms with E-state index in [1.54, 1.807) is 11.5 Å². The first-order chi connectivity index (χ1) is 69.0. The van der Waals surface area contributed by atoms with E-state index in [-0.39, 0.29) is 140 Å². The first-order valence-corrected chi connectivity index (χ1v) is 56.7. The molecule has 0 saturated carbocycles. The lowest BCUT2D eigenvalue weighted by Crippen LogP contribution is -2.42. The van der Waals surface area contributed by atoms with Gasteiger partial charge in [-0.1, -0.05) is 47.2 Å². The van der Waals surface area contributed by atoms with Crippen LogP contribution >= 0.6 is 33.7 Å². The van der Waals surface area contributed by atoms with Gasteiger partial charge < -0.3 is 187 Å². The van der Waals surface area contributed by atoms with Gasteiger partial charge in [-0.15, -0.1) is 0 Å². The van der Waals surface area contributed by atoms with Crippen molar-refractivity contribution in [1.82, 2.24) is 87.2 Å². The maximum Gasteiger partial charge on any atom is 0.351 e. The summed E-state index contributed by atoms with van der Waals surface area (Å²) in [6.45, 7) is -26.4. The highest BCUT2D eigenvalue weighted by Gasteiger charge is 2.56. The van der Waals surface area contributed by atoms with Gasteiger partial charge in [0.15, 0.2) is 72.0 Å². The topological polar surface area (TPSA) is 775 Å². The zero-order valence-electron chi connectivity index (χ0n) is 78.2. The molecule has 0 aromatic carbocycles. The summed E-state index contributed by atoms with van der Waals surface area (Å²) in [5.41, 5.74) is 26.7. The second-order valence-electron chi connectivity index (χ2n) is 33.0. The lowest BCUT2D eigenvalue weighted by Gasteiger charge is -2.38. The van der Waals surface area contributed by atoms with E-state index >= 15 is 19.2 Å². The number of rotatable bonds is 51. The summed E-state index contributed by atoms with van der Waals surface area (Å²) in [4.78, 5) is 176. The van der Waals surface area contributed by atoms with Gasteiger partial charge in [0, 0.05) is 77.3 Å². The number of aryl methyl sites for hydroxylation is 3. The monoisotopic (exact) mass is 2230 g/mol. The van der Waals surface area contributed by atoms with Crippen molar-refractivity contribution in [3.8, 4) is 0 Å². The summed E-state index contributed by atoms with van der Waals surface area (Å²) in [6, 6.07) is 0. The molecule has 6 fully saturated rings. The van der Waals surface area contributed by atoms with Gasteiger partial charge in [0.2, 0.25) is 5.95 Å². The fourth-order valence-electron chi connectivity index (χ4n) is 16.5. The number of nitrogens with zero attached hydrogens (tertiary/aromatic N) is 16. The van der Waals surface area contributed by atoms with E-state index in [1.165, 1.54) is 103 Å². The van der Waals surface area contributed by atoms with E-state index in [2.05, 4.69) is 59.8 Å². The molecule has 10 unspecified atom stereocenters. The summed E-state index contributed by atoms with van der Waals surface area (Å²) in [5, 5.41) is 11.9. The van der Waals surface area contributed by atoms with Crippen LogP contribution in [0.2, 0.25) is 0 Å². The van der Waals surface area contributed by atoms with E-state index in [9.17, 15) is 34.0 Å². The van der Waals surface area contributed by atoms with Crippen molar-refractivity contribution in [3.05, 3.63) is 119 Å². The van der Waals surface area contributed by atoms with Gasteiger partial charge in [-0.3, -0.25) is 51.5 Å². The number of hydrogen-bond acceptors (Lipinski definition) is 57. The molecule has 9 aromatic rings. The van der Waals surface area contributed by atoms with E-state index in [0.717, 1.165) is 26.2 Å². The quantitative estimate of drug-likeness (QED) is 0.0102. The van der Waals surface area contributed by atoms with E-state index in [4.69, 9.17) is 209 Å². The van der Waals surface area contributed by atoms with Gasteiger partial charge in [-0.05, 0) is 27.7 Å². The van der Waals surface area contributed by atoms with E-state index in [0.29, 0.717) is 5.65 Å². The van der Waals surface area contributed by atoms with Gasteiger partial charge in [-0.2, -0.15) is 15.0 Å². The molecule has 15 rings (SSSR count). The smallest absolute Gasteiger partial charge is 0.351 e.